The molecule has 152 valence electrons. The minimum Gasteiger partial charge on any atom is -0.467 e. The molecule has 2 aliphatic rings. The van der Waals surface area contributed by atoms with Crippen molar-refractivity contribution in [1.82, 2.24) is 10.2 Å². The summed E-state index contributed by atoms with van der Waals surface area (Å²) in [5.41, 5.74) is 2.38. The Hall–Kier alpha value is -3.09. The van der Waals surface area contributed by atoms with Gasteiger partial charge >= 0.3 is 5.97 Å². The Labute approximate surface area is 169 Å². The first-order valence-corrected chi connectivity index (χ1v) is 9.94. The number of benzene rings is 1. The Bertz CT molecular complexity index is 892. The second-order valence-electron chi connectivity index (χ2n) is 7.57. The van der Waals surface area contributed by atoms with Crippen LogP contribution < -0.4 is 5.32 Å². The van der Waals surface area contributed by atoms with Gasteiger partial charge in [-0.2, -0.15) is 0 Å². The smallest absolute Gasteiger partial charge is 0.311 e. The monoisotopic (exact) mass is 396 g/mol. The van der Waals surface area contributed by atoms with Crippen molar-refractivity contribution < 1.29 is 23.5 Å². The second-order valence-corrected chi connectivity index (χ2v) is 7.57. The van der Waals surface area contributed by atoms with Crippen LogP contribution in [-0.2, 0) is 32.1 Å². The molecule has 0 radical (unpaired) electrons. The number of aryl methyl sites for hydroxylation is 1. The molecule has 0 saturated carbocycles. The summed E-state index contributed by atoms with van der Waals surface area (Å²) in [4.78, 5) is 38.3. The van der Waals surface area contributed by atoms with Gasteiger partial charge in [0.1, 0.15) is 5.76 Å². The highest BCUT2D eigenvalue weighted by atomic mass is 16.5. The van der Waals surface area contributed by atoms with Gasteiger partial charge in [0.05, 0.1) is 24.8 Å². The number of nitrogens with zero attached hydrogens (tertiary/aromatic N) is 1. The number of fused-ring (bicyclic) bond motifs is 1. The molecule has 0 spiro atoms. The number of hydrogen-bond acceptors (Lipinski definition) is 5. The lowest BCUT2D eigenvalue weighted by Gasteiger charge is -2.26. The Kier molecular flexibility index (Phi) is 5.64. The lowest BCUT2D eigenvalue weighted by molar-refractivity contribution is -0.152. The maximum Gasteiger partial charge on any atom is 0.311 e. The van der Waals surface area contributed by atoms with Crippen LogP contribution in [0, 0.1) is 5.92 Å². The number of carbonyl (C=O) groups is 3. The van der Waals surface area contributed by atoms with Crippen LogP contribution >= 0.6 is 0 Å². The van der Waals surface area contributed by atoms with E-state index in [0.29, 0.717) is 12.3 Å². The number of ether oxygens (including phenoxy) is 1. The van der Waals surface area contributed by atoms with Crippen molar-refractivity contribution in [3.63, 3.8) is 0 Å². The lowest BCUT2D eigenvalue weighted by atomic mass is 9.88. The average Bonchev–Trinajstić information content (AvgIpc) is 3.37. The summed E-state index contributed by atoms with van der Waals surface area (Å²) in [6.45, 7) is 0.271. The topological polar surface area (TPSA) is 88.9 Å². The number of carbonyl (C=O) groups excluding carboxylic acids is 3. The van der Waals surface area contributed by atoms with Gasteiger partial charge in [0.2, 0.25) is 5.91 Å². The van der Waals surface area contributed by atoms with Gasteiger partial charge in [0.25, 0.3) is 5.91 Å². The van der Waals surface area contributed by atoms with Crippen molar-refractivity contribution in [3.8, 4) is 0 Å². The van der Waals surface area contributed by atoms with Gasteiger partial charge in [-0.05, 0) is 42.5 Å². The van der Waals surface area contributed by atoms with Gasteiger partial charge in [-0.3, -0.25) is 14.4 Å². The molecule has 1 aromatic heterocycles. The van der Waals surface area contributed by atoms with Crippen LogP contribution in [0.5, 0.6) is 0 Å². The van der Waals surface area contributed by atoms with Gasteiger partial charge in [0.15, 0.2) is 6.61 Å². The molecule has 29 heavy (non-hydrogen) atoms. The molecule has 0 unspecified atom stereocenters. The maximum atomic E-state index is 12.3. The Morgan fingerprint density at radius 3 is 2.90 bits per heavy atom. The van der Waals surface area contributed by atoms with E-state index >= 15 is 0 Å². The van der Waals surface area contributed by atoms with Gasteiger partial charge < -0.3 is 19.4 Å². The average molecular weight is 396 g/mol. The van der Waals surface area contributed by atoms with E-state index in [9.17, 15) is 14.4 Å². The summed E-state index contributed by atoms with van der Waals surface area (Å²) in [6, 6.07) is 11.6. The molecular weight excluding hydrogens is 372 g/mol. The summed E-state index contributed by atoms with van der Waals surface area (Å²) < 4.78 is 10.4. The van der Waals surface area contributed by atoms with Crippen molar-refractivity contribution >= 4 is 17.8 Å². The molecule has 1 aromatic carbocycles. The molecular formula is C22H24N2O5. The fourth-order valence-electron chi connectivity index (χ4n) is 4.07. The van der Waals surface area contributed by atoms with E-state index in [0.717, 1.165) is 24.8 Å². The predicted octanol–water partition coefficient (Wildman–Crippen LogP) is 2.37. The van der Waals surface area contributed by atoms with Crippen LogP contribution in [-0.4, -0.2) is 35.8 Å². The van der Waals surface area contributed by atoms with Crippen molar-refractivity contribution in [2.24, 2.45) is 5.92 Å². The van der Waals surface area contributed by atoms with Crippen LogP contribution in [0.2, 0.25) is 0 Å². The van der Waals surface area contributed by atoms with E-state index < -0.39 is 11.9 Å². The van der Waals surface area contributed by atoms with E-state index in [1.807, 2.05) is 18.2 Å². The molecule has 7 nitrogen and oxygen atoms in total. The molecule has 2 heterocycles. The molecule has 1 aliphatic heterocycles. The minimum absolute atomic E-state index is 0.0528. The Morgan fingerprint density at radius 1 is 1.21 bits per heavy atom. The van der Waals surface area contributed by atoms with E-state index in [2.05, 4.69) is 11.4 Å². The molecule has 2 aromatic rings. The van der Waals surface area contributed by atoms with Crippen LogP contribution in [0.25, 0.3) is 0 Å². The molecule has 1 N–H and O–H groups in total. The molecule has 1 saturated heterocycles. The van der Waals surface area contributed by atoms with E-state index in [-0.39, 0.29) is 37.4 Å². The van der Waals surface area contributed by atoms with Gasteiger partial charge in [-0.25, -0.2) is 0 Å². The van der Waals surface area contributed by atoms with Crippen molar-refractivity contribution in [1.29, 1.82) is 0 Å². The first-order valence-electron chi connectivity index (χ1n) is 9.94. The zero-order chi connectivity index (χ0) is 20.2. The Balaban J connectivity index is 1.26. The van der Waals surface area contributed by atoms with Crippen LogP contribution in [0.3, 0.4) is 0 Å². The second kappa shape index (κ2) is 8.51. The summed E-state index contributed by atoms with van der Waals surface area (Å²) in [7, 11) is 0. The summed E-state index contributed by atoms with van der Waals surface area (Å²) >= 11 is 0. The van der Waals surface area contributed by atoms with Gasteiger partial charge in [0, 0.05) is 13.0 Å². The third kappa shape index (κ3) is 4.50. The zero-order valence-corrected chi connectivity index (χ0v) is 16.1. The van der Waals surface area contributed by atoms with Crippen LogP contribution in [0.15, 0.2) is 47.1 Å². The fraction of sp³-hybridized carbons (Fsp3) is 0.409. The Morgan fingerprint density at radius 2 is 2.07 bits per heavy atom. The number of esters is 1. The zero-order valence-electron chi connectivity index (χ0n) is 16.1. The minimum atomic E-state index is -0.555. The van der Waals surface area contributed by atoms with E-state index in [1.165, 1.54) is 5.56 Å². The number of hydrogen-bond donors (Lipinski definition) is 1. The SMILES string of the molecule is O=C(COC(=O)[C@@H]1CC(=O)N(Cc2ccco2)C1)N[C@H]1CCCc2ccccc21. The number of likely N-dealkylation sites (tertiary alicyclic amines) is 1. The van der Waals surface area contributed by atoms with Crippen LogP contribution in [0.1, 0.15) is 42.2 Å². The highest BCUT2D eigenvalue weighted by Crippen LogP contribution is 2.29. The van der Waals surface area contributed by atoms with Crippen LogP contribution in [0.4, 0.5) is 0 Å². The predicted molar refractivity (Wildman–Crippen MR) is 103 cm³/mol. The first kappa shape index (κ1) is 19.2. The molecule has 2 amide bonds. The number of amides is 2. The summed E-state index contributed by atoms with van der Waals surface area (Å²) in [5.74, 6) is -0.844. The van der Waals surface area contributed by atoms with E-state index in [1.54, 1.807) is 23.3 Å². The third-order valence-electron chi connectivity index (χ3n) is 5.52. The summed E-state index contributed by atoms with van der Waals surface area (Å²) in [6.07, 6.45) is 4.54. The van der Waals surface area contributed by atoms with Crippen molar-refractivity contribution in [2.75, 3.05) is 13.2 Å². The molecule has 1 aliphatic carbocycles. The van der Waals surface area contributed by atoms with Crippen molar-refractivity contribution in [3.05, 3.63) is 59.5 Å². The molecule has 4 rings (SSSR count). The maximum absolute atomic E-state index is 12.3. The lowest BCUT2D eigenvalue weighted by Crippen LogP contribution is -2.35. The van der Waals surface area contributed by atoms with Crippen molar-refractivity contribution in [2.45, 2.75) is 38.3 Å². The normalized spacial score (nSPS) is 21.0. The highest BCUT2D eigenvalue weighted by molar-refractivity contribution is 5.88. The first-order chi connectivity index (χ1) is 14.1. The number of nitrogens with one attached hydrogen (secondary N) is 1. The number of furan rings is 1. The molecule has 2 atom stereocenters. The van der Waals surface area contributed by atoms with E-state index in [4.69, 9.17) is 9.15 Å². The molecule has 1 fully saturated rings. The van der Waals surface area contributed by atoms with Gasteiger partial charge in [-0.15, -0.1) is 0 Å². The molecule has 7 heteroatoms. The largest absolute Gasteiger partial charge is 0.467 e. The molecule has 0 bridgehead atoms. The number of rotatable bonds is 6. The fourth-order valence-corrected chi connectivity index (χ4v) is 4.07. The quantitative estimate of drug-likeness (QED) is 0.758. The summed E-state index contributed by atoms with van der Waals surface area (Å²) in [5, 5.41) is 2.96. The highest BCUT2D eigenvalue weighted by Gasteiger charge is 2.36. The van der Waals surface area contributed by atoms with Gasteiger partial charge in [-0.1, -0.05) is 24.3 Å². The third-order valence-corrected chi connectivity index (χ3v) is 5.52. The standard InChI is InChI=1S/C22H24N2O5/c25-20(23-19-9-3-6-15-5-1-2-8-18(15)19)14-29-22(27)16-11-21(26)24(12-16)13-17-7-4-10-28-17/h1-2,4-5,7-8,10,16,19H,3,6,9,11-14H2,(H,23,25)/t16-,19+/m1/s1.